The molecule has 0 saturated heterocycles. The van der Waals surface area contributed by atoms with Crippen LogP contribution in [0.4, 0.5) is 0 Å². The molecule has 0 spiro atoms. The number of nitrogens with one attached hydrogen (secondary N) is 1. The summed E-state index contributed by atoms with van der Waals surface area (Å²) >= 11 is 1.14. The summed E-state index contributed by atoms with van der Waals surface area (Å²) in [5.41, 5.74) is 2.44. The van der Waals surface area contributed by atoms with Crippen molar-refractivity contribution in [2.24, 2.45) is 0 Å². The van der Waals surface area contributed by atoms with Crippen molar-refractivity contribution in [3.05, 3.63) is 89.5 Å². The van der Waals surface area contributed by atoms with Gasteiger partial charge >= 0.3 is 0 Å². The number of methoxy groups -OCH3 is 2. The van der Waals surface area contributed by atoms with Gasteiger partial charge in [0.05, 0.1) is 14.2 Å². The number of nitrogens with zero attached hydrogens (tertiary/aromatic N) is 3. The van der Waals surface area contributed by atoms with Crippen LogP contribution in [0.25, 0.3) is 0 Å². The lowest BCUT2D eigenvalue weighted by atomic mass is 10.1. The van der Waals surface area contributed by atoms with E-state index >= 15 is 0 Å². The molecule has 0 fully saturated rings. The van der Waals surface area contributed by atoms with Crippen molar-refractivity contribution in [1.82, 2.24) is 19.7 Å². The smallest absolute Gasteiger partial charge is 0.298 e. The minimum Gasteiger partial charge on any atom is -0.497 e. The summed E-state index contributed by atoms with van der Waals surface area (Å²) in [5, 5.41) is 3.25. The fraction of sp³-hybridized carbons (Fsp3) is 0.167. The van der Waals surface area contributed by atoms with Crippen LogP contribution in [0.2, 0.25) is 0 Å². The summed E-state index contributed by atoms with van der Waals surface area (Å²) in [6, 6.07) is 16.4. The van der Waals surface area contributed by atoms with Gasteiger partial charge in [0, 0.05) is 42.5 Å². The van der Waals surface area contributed by atoms with Crippen molar-refractivity contribution < 1.29 is 19.0 Å². The second kappa shape index (κ2) is 10.6. The van der Waals surface area contributed by atoms with Crippen LogP contribution in [0.15, 0.2) is 67.0 Å². The largest absolute Gasteiger partial charge is 0.497 e. The molecule has 2 aromatic carbocycles. The molecule has 1 N–H and O–H groups in total. The lowest BCUT2D eigenvalue weighted by Gasteiger charge is -2.10. The molecule has 0 aliphatic rings. The van der Waals surface area contributed by atoms with Gasteiger partial charge in [-0.05, 0) is 53.6 Å². The normalized spacial score (nSPS) is 10.5. The van der Waals surface area contributed by atoms with Gasteiger partial charge in [-0.2, -0.15) is 9.36 Å². The molecule has 4 aromatic rings. The lowest BCUT2D eigenvalue weighted by Crippen LogP contribution is -2.22. The van der Waals surface area contributed by atoms with E-state index in [4.69, 9.17) is 14.2 Å². The van der Waals surface area contributed by atoms with Gasteiger partial charge in [-0.3, -0.25) is 9.78 Å². The summed E-state index contributed by atoms with van der Waals surface area (Å²) in [7, 11) is 3.17. The van der Waals surface area contributed by atoms with Crippen molar-refractivity contribution in [2.75, 3.05) is 14.2 Å². The standard InChI is InChI=1S/C24H22N4O4S/c1-30-19-5-3-4-17(12-19)13-22-27-24(33-28-22)32-21-14-18(6-7-20(21)31-2)23(29)26-15-16-8-10-25-11-9-16/h3-12,14H,13,15H2,1-2H3,(H,26,29). The van der Waals surface area contributed by atoms with Gasteiger partial charge in [0.1, 0.15) is 5.75 Å². The van der Waals surface area contributed by atoms with E-state index in [1.807, 2.05) is 36.4 Å². The monoisotopic (exact) mass is 462 g/mol. The molecule has 0 aliphatic carbocycles. The highest BCUT2D eigenvalue weighted by Gasteiger charge is 2.15. The Labute approximate surface area is 195 Å². The second-order valence-electron chi connectivity index (χ2n) is 7.01. The number of amides is 1. The van der Waals surface area contributed by atoms with Crippen LogP contribution in [0, 0.1) is 0 Å². The van der Waals surface area contributed by atoms with Crippen LogP contribution in [0.5, 0.6) is 22.4 Å². The zero-order chi connectivity index (χ0) is 23.0. The fourth-order valence-electron chi connectivity index (χ4n) is 3.09. The van der Waals surface area contributed by atoms with E-state index in [1.165, 1.54) is 0 Å². The first-order valence-electron chi connectivity index (χ1n) is 10.1. The third kappa shape index (κ3) is 5.83. The maximum absolute atomic E-state index is 12.6. The highest BCUT2D eigenvalue weighted by molar-refractivity contribution is 7.07. The molecule has 0 unspecified atom stereocenters. The van der Waals surface area contributed by atoms with Gasteiger partial charge in [-0.1, -0.05) is 12.1 Å². The highest BCUT2D eigenvalue weighted by atomic mass is 32.1. The van der Waals surface area contributed by atoms with Crippen molar-refractivity contribution >= 4 is 17.4 Å². The van der Waals surface area contributed by atoms with E-state index in [0.29, 0.717) is 41.0 Å². The van der Waals surface area contributed by atoms with E-state index in [9.17, 15) is 4.79 Å². The van der Waals surface area contributed by atoms with Crippen molar-refractivity contribution in [2.45, 2.75) is 13.0 Å². The maximum Gasteiger partial charge on any atom is 0.298 e. The third-order valence-corrected chi connectivity index (χ3v) is 5.40. The molecule has 0 atom stereocenters. The predicted octanol–water partition coefficient (Wildman–Crippen LogP) is 4.26. The number of rotatable bonds is 9. The minimum absolute atomic E-state index is 0.227. The molecule has 2 aromatic heterocycles. The molecular weight excluding hydrogens is 440 g/mol. The molecule has 0 radical (unpaired) electrons. The Balaban J connectivity index is 1.45. The Morgan fingerprint density at radius 1 is 0.970 bits per heavy atom. The number of carbonyl (C=O) groups is 1. The summed E-state index contributed by atoms with van der Waals surface area (Å²) < 4.78 is 21.0. The van der Waals surface area contributed by atoms with Gasteiger partial charge in [0.15, 0.2) is 17.3 Å². The van der Waals surface area contributed by atoms with Crippen LogP contribution in [-0.2, 0) is 13.0 Å². The first-order chi connectivity index (χ1) is 16.1. The summed E-state index contributed by atoms with van der Waals surface area (Å²) in [6.45, 7) is 0.396. The number of hydrogen-bond acceptors (Lipinski definition) is 8. The quantitative estimate of drug-likeness (QED) is 0.397. The number of benzene rings is 2. The van der Waals surface area contributed by atoms with Gasteiger partial charge in [-0.15, -0.1) is 0 Å². The first kappa shape index (κ1) is 22.2. The fourth-order valence-corrected chi connectivity index (χ4v) is 3.66. The first-order valence-corrected chi connectivity index (χ1v) is 10.9. The molecule has 168 valence electrons. The second-order valence-corrected chi connectivity index (χ2v) is 7.73. The Bertz CT molecular complexity index is 1230. The Morgan fingerprint density at radius 2 is 1.82 bits per heavy atom. The van der Waals surface area contributed by atoms with Gasteiger partial charge in [-0.25, -0.2) is 0 Å². The topological polar surface area (TPSA) is 95.5 Å². The maximum atomic E-state index is 12.6. The van der Waals surface area contributed by atoms with E-state index in [1.54, 1.807) is 44.8 Å². The number of ether oxygens (including phenoxy) is 3. The van der Waals surface area contributed by atoms with E-state index in [-0.39, 0.29) is 5.91 Å². The van der Waals surface area contributed by atoms with Gasteiger partial charge in [0.25, 0.3) is 11.1 Å². The Kier molecular flexibility index (Phi) is 7.11. The van der Waals surface area contributed by atoms with Crippen molar-refractivity contribution in [1.29, 1.82) is 0 Å². The van der Waals surface area contributed by atoms with E-state index in [0.717, 1.165) is 28.4 Å². The summed E-state index contributed by atoms with van der Waals surface area (Å²) in [4.78, 5) is 21.1. The van der Waals surface area contributed by atoms with E-state index < -0.39 is 0 Å². The van der Waals surface area contributed by atoms with Gasteiger partial charge < -0.3 is 19.5 Å². The molecule has 2 heterocycles. The Morgan fingerprint density at radius 3 is 2.61 bits per heavy atom. The molecule has 0 aliphatic heterocycles. The van der Waals surface area contributed by atoms with Crippen LogP contribution in [0.1, 0.15) is 27.3 Å². The number of pyridine rings is 1. The van der Waals surface area contributed by atoms with Crippen LogP contribution >= 0.6 is 11.5 Å². The SMILES string of the molecule is COc1cccc(Cc2nsc(Oc3cc(C(=O)NCc4ccncc4)ccc3OC)n2)c1. The molecule has 0 bridgehead atoms. The zero-order valence-corrected chi connectivity index (χ0v) is 19.0. The molecule has 8 nitrogen and oxygen atoms in total. The Hall–Kier alpha value is -3.98. The predicted molar refractivity (Wildman–Crippen MR) is 124 cm³/mol. The summed E-state index contributed by atoms with van der Waals surface area (Å²) in [6.07, 6.45) is 3.92. The molecule has 1 amide bonds. The van der Waals surface area contributed by atoms with Crippen LogP contribution in [-0.4, -0.2) is 34.5 Å². The average molecular weight is 463 g/mol. The number of carbonyl (C=O) groups excluding carboxylic acids is 1. The van der Waals surface area contributed by atoms with Crippen molar-refractivity contribution in [3.63, 3.8) is 0 Å². The molecule has 0 saturated carbocycles. The highest BCUT2D eigenvalue weighted by Crippen LogP contribution is 2.33. The van der Waals surface area contributed by atoms with Crippen molar-refractivity contribution in [3.8, 4) is 22.4 Å². The molecular formula is C24H22N4O4S. The number of aromatic nitrogens is 3. The average Bonchev–Trinajstić information content (AvgIpc) is 3.29. The molecule has 9 heteroatoms. The van der Waals surface area contributed by atoms with Gasteiger partial charge in [0.2, 0.25) is 0 Å². The minimum atomic E-state index is -0.227. The zero-order valence-electron chi connectivity index (χ0n) is 18.1. The van der Waals surface area contributed by atoms with E-state index in [2.05, 4.69) is 19.7 Å². The summed E-state index contributed by atoms with van der Waals surface area (Å²) in [5.74, 6) is 2.06. The molecule has 4 rings (SSSR count). The number of hydrogen-bond donors (Lipinski definition) is 1. The van der Waals surface area contributed by atoms with Crippen LogP contribution in [0.3, 0.4) is 0 Å². The third-order valence-electron chi connectivity index (χ3n) is 4.77. The van der Waals surface area contributed by atoms with Crippen LogP contribution < -0.4 is 19.5 Å². The molecule has 33 heavy (non-hydrogen) atoms. The lowest BCUT2D eigenvalue weighted by molar-refractivity contribution is 0.0950.